The van der Waals surface area contributed by atoms with E-state index in [0.717, 1.165) is 0 Å². The molecule has 0 spiro atoms. The number of rotatable bonds is 1. The van der Waals surface area contributed by atoms with Gasteiger partial charge in [-0.25, -0.2) is 9.97 Å². The van der Waals surface area contributed by atoms with E-state index in [2.05, 4.69) is 19.9 Å². The van der Waals surface area contributed by atoms with Crippen LogP contribution in [-0.4, -0.2) is 30.8 Å². The molecule has 66 valence electrons. The Morgan fingerprint density at radius 2 is 2.31 bits per heavy atom. The quantitative estimate of drug-likeness (QED) is 0.611. The number of aromatic amines is 1. The molecule has 0 amide bonds. The molecule has 2 N–H and O–H groups in total. The Labute approximate surface area is 72.7 Å². The van der Waals surface area contributed by atoms with Crippen molar-refractivity contribution in [1.29, 1.82) is 0 Å². The molecule has 6 nitrogen and oxygen atoms in total. The maximum Gasteiger partial charge on any atom is 0.316 e. The fourth-order valence-electron chi connectivity index (χ4n) is 0.965. The van der Waals surface area contributed by atoms with Gasteiger partial charge in [0.15, 0.2) is 17.3 Å². The highest BCUT2D eigenvalue weighted by molar-refractivity contribution is 5.93. The molecule has 6 heteroatoms. The first-order valence-corrected chi connectivity index (χ1v) is 3.59. The second-order valence-electron chi connectivity index (χ2n) is 2.55. The Balaban J connectivity index is 2.68. The number of carbonyl (C=O) groups is 1. The van der Waals surface area contributed by atoms with E-state index in [1.54, 1.807) is 0 Å². The smallest absolute Gasteiger partial charge is 0.316 e. The summed E-state index contributed by atoms with van der Waals surface area (Å²) in [5.41, 5.74) is 0.820. The van der Waals surface area contributed by atoms with E-state index < -0.39 is 0 Å². The van der Waals surface area contributed by atoms with Crippen molar-refractivity contribution < 1.29 is 9.90 Å². The Hall–Kier alpha value is -1.98. The van der Waals surface area contributed by atoms with Crippen LogP contribution in [0.25, 0.3) is 11.2 Å². The zero-order valence-corrected chi connectivity index (χ0v) is 6.77. The molecule has 0 bridgehead atoms. The fourth-order valence-corrected chi connectivity index (χ4v) is 0.965. The van der Waals surface area contributed by atoms with E-state index in [1.165, 1.54) is 13.1 Å². The summed E-state index contributed by atoms with van der Waals surface area (Å²) in [5.74, 6) is 0.0346. The normalized spacial score (nSPS) is 10.5. The fraction of sp³-hybridized carbons (Fsp3) is 0.143. The predicted octanol–water partition coefficient (Wildman–Crippen LogP) is 0.261. The van der Waals surface area contributed by atoms with Gasteiger partial charge in [-0.1, -0.05) is 0 Å². The summed E-state index contributed by atoms with van der Waals surface area (Å²) in [6.07, 6.45) is 1.37. The highest BCUT2D eigenvalue weighted by atomic mass is 16.3. The van der Waals surface area contributed by atoms with Crippen molar-refractivity contribution in [2.24, 2.45) is 0 Å². The van der Waals surface area contributed by atoms with Gasteiger partial charge in [-0.2, -0.15) is 4.98 Å². The zero-order valence-electron chi connectivity index (χ0n) is 6.77. The van der Waals surface area contributed by atoms with Crippen molar-refractivity contribution in [2.45, 2.75) is 6.92 Å². The highest BCUT2D eigenvalue weighted by Gasteiger charge is 2.08. The number of nitrogens with zero attached hydrogens (tertiary/aromatic N) is 3. The van der Waals surface area contributed by atoms with Crippen LogP contribution in [0.3, 0.4) is 0 Å². The van der Waals surface area contributed by atoms with E-state index in [-0.39, 0.29) is 23.3 Å². The largest absolute Gasteiger partial charge is 0.479 e. The van der Waals surface area contributed by atoms with Gasteiger partial charge in [-0.15, -0.1) is 0 Å². The number of aromatic nitrogens is 4. The lowest BCUT2D eigenvalue weighted by Gasteiger charge is -1.86. The van der Waals surface area contributed by atoms with Crippen LogP contribution in [0.5, 0.6) is 6.01 Å². The Kier molecular flexibility index (Phi) is 1.48. The third-order valence-corrected chi connectivity index (χ3v) is 1.56. The summed E-state index contributed by atoms with van der Waals surface area (Å²) in [5, 5.41) is 8.92. The number of ketones is 1. The first-order valence-electron chi connectivity index (χ1n) is 3.59. The standard InChI is InChI=1S/C7H6N4O2/c1-3(12)5-9-4-2-8-7(13)11-6(4)10-5/h2H,1H3,(H2,8,9,10,11,13). The average Bonchev–Trinajstić information content (AvgIpc) is 2.46. The molecule has 0 aliphatic rings. The van der Waals surface area contributed by atoms with Crippen LogP contribution in [0.15, 0.2) is 6.20 Å². The molecule has 0 aromatic carbocycles. The van der Waals surface area contributed by atoms with E-state index in [0.29, 0.717) is 5.52 Å². The minimum absolute atomic E-state index is 0.183. The zero-order chi connectivity index (χ0) is 9.42. The van der Waals surface area contributed by atoms with Crippen molar-refractivity contribution in [3.8, 4) is 6.01 Å². The lowest BCUT2D eigenvalue weighted by molar-refractivity contribution is 0.100. The van der Waals surface area contributed by atoms with Crippen LogP contribution in [0.2, 0.25) is 0 Å². The molecule has 2 aromatic heterocycles. The number of H-pyrrole nitrogens is 1. The molecule has 2 aromatic rings. The first kappa shape index (κ1) is 7.66. The van der Waals surface area contributed by atoms with Crippen molar-refractivity contribution in [1.82, 2.24) is 19.9 Å². The molecule has 0 fully saturated rings. The average molecular weight is 178 g/mol. The number of nitrogens with one attached hydrogen (secondary N) is 1. The topological polar surface area (TPSA) is 91.8 Å². The third kappa shape index (κ3) is 1.22. The summed E-state index contributed by atoms with van der Waals surface area (Å²) in [4.78, 5) is 24.6. The van der Waals surface area contributed by atoms with Crippen molar-refractivity contribution >= 4 is 16.9 Å². The van der Waals surface area contributed by atoms with Gasteiger partial charge in [0.2, 0.25) is 0 Å². The third-order valence-electron chi connectivity index (χ3n) is 1.56. The summed E-state index contributed by atoms with van der Waals surface area (Å²) < 4.78 is 0. The van der Waals surface area contributed by atoms with E-state index in [9.17, 15) is 4.79 Å². The molecule has 13 heavy (non-hydrogen) atoms. The lowest BCUT2D eigenvalue weighted by Crippen LogP contribution is -1.93. The van der Waals surface area contributed by atoms with Gasteiger partial charge in [-0.3, -0.25) is 4.79 Å². The van der Waals surface area contributed by atoms with E-state index >= 15 is 0 Å². The second-order valence-corrected chi connectivity index (χ2v) is 2.55. The van der Waals surface area contributed by atoms with Gasteiger partial charge in [0.1, 0.15) is 5.52 Å². The molecule has 0 aliphatic heterocycles. The molecule has 0 aliphatic carbocycles. The van der Waals surface area contributed by atoms with Gasteiger partial charge < -0.3 is 10.1 Å². The number of Topliss-reactive ketones (excluding diaryl/α,β-unsaturated/α-hetero) is 1. The Bertz CT molecular complexity index is 476. The molecule has 0 saturated heterocycles. The number of aromatic hydroxyl groups is 1. The number of imidazole rings is 1. The van der Waals surface area contributed by atoms with Crippen LogP contribution >= 0.6 is 0 Å². The van der Waals surface area contributed by atoms with Crippen molar-refractivity contribution in [2.75, 3.05) is 0 Å². The molecular formula is C7H6N4O2. The van der Waals surface area contributed by atoms with Crippen molar-refractivity contribution in [3.05, 3.63) is 12.0 Å². The minimum Gasteiger partial charge on any atom is -0.479 e. The van der Waals surface area contributed by atoms with Crippen LogP contribution in [0.1, 0.15) is 17.5 Å². The number of hydrogen-bond donors (Lipinski definition) is 2. The molecule has 0 radical (unpaired) electrons. The van der Waals surface area contributed by atoms with Gasteiger partial charge in [0.25, 0.3) is 0 Å². The van der Waals surface area contributed by atoms with E-state index in [1.807, 2.05) is 0 Å². The van der Waals surface area contributed by atoms with Crippen LogP contribution in [0.4, 0.5) is 0 Å². The lowest BCUT2D eigenvalue weighted by atomic mass is 10.4. The van der Waals surface area contributed by atoms with Crippen LogP contribution < -0.4 is 0 Å². The summed E-state index contributed by atoms with van der Waals surface area (Å²) >= 11 is 0. The molecular weight excluding hydrogens is 172 g/mol. The Morgan fingerprint density at radius 3 is 3.00 bits per heavy atom. The number of hydrogen-bond acceptors (Lipinski definition) is 5. The molecule has 0 unspecified atom stereocenters. The summed E-state index contributed by atoms with van der Waals surface area (Å²) in [7, 11) is 0. The maximum atomic E-state index is 10.9. The molecule has 0 saturated carbocycles. The number of carbonyl (C=O) groups excluding carboxylic acids is 1. The SMILES string of the molecule is CC(=O)c1nc2nc(O)ncc2[nH]1. The Morgan fingerprint density at radius 1 is 1.54 bits per heavy atom. The van der Waals surface area contributed by atoms with Gasteiger partial charge in [0.05, 0.1) is 6.20 Å². The minimum atomic E-state index is -0.353. The molecule has 2 heterocycles. The van der Waals surface area contributed by atoms with Gasteiger partial charge in [0, 0.05) is 6.92 Å². The molecule has 2 rings (SSSR count). The number of fused-ring (bicyclic) bond motifs is 1. The maximum absolute atomic E-state index is 10.9. The van der Waals surface area contributed by atoms with Gasteiger partial charge in [-0.05, 0) is 0 Å². The summed E-state index contributed by atoms with van der Waals surface area (Å²) in [6.45, 7) is 1.39. The van der Waals surface area contributed by atoms with Crippen LogP contribution in [0, 0.1) is 0 Å². The van der Waals surface area contributed by atoms with Gasteiger partial charge >= 0.3 is 6.01 Å². The monoisotopic (exact) mass is 178 g/mol. The van der Waals surface area contributed by atoms with Crippen LogP contribution in [-0.2, 0) is 0 Å². The first-order chi connectivity index (χ1) is 6.16. The predicted molar refractivity (Wildman–Crippen MR) is 43.4 cm³/mol. The molecule has 0 atom stereocenters. The highest BCUT2D eigenvalue weighted by Crippen LogP contribution is 2.10. The second kappa shape index (κ2) is 2.51. The van der Waals surface area contributed by atoms with Crippen molar-refractivity contribution in [3.63, 3.8) is 0 Å². The summed E-state index contributed by atoms with van der Waals surface area (Å²) in [6, 6.07) is -0.353. The van der Waals surface area contributed by atoms with E-state index in [4.69, 9.17) is 5.11 Å².